The Hall–Kier alpha value is -9.37. The van der Waals surface area contributed by atoms with E-state index in [1.54, 1.807) is 36.6 Å². The van der Waals surface area contributed by atoms with Gasteiger partial charge < -0.3 is 49.0 Å². The van der Waals surface area contributed by atoms with Crippen LogP contribution in [0, 0.1) is 20.2 Å². The number of nitrogens with zero attached hydrogens (tertiary/aromatic N) is 6. The van der Waals surface area contributed by atoms with Crippen LogP contribution in [-0.4, -0.2) is 144 Å². The second-order valence-corrected chi connectivity index (χ2v) is 22.8. The molecular formula is C63H67N7O14. The zero-order valence-electron chi connectivity index (χ0n) is 47.6. The van der Waals surface area contributed by atoms with Crippen LogP contribution in [0.15, 0.2) is 133 Å². The molecule has 6 aromatic carbocycles. The van der Waals surface area contributed by atoms with Crippen molar-refractivity contribution in [3.05, 3.63) is 187 Å². The molecule has 0 saturated carbocycles. The first-order chi connectivity index (χ1) is 40.0. The molecule has 2 fully saturated rings. The molecule has 2 aliphatic heterocycles. The quantitative estimate of drug-likeness (QED) is 0.0445. The van der Waals surface area contributed by atoms with Crippen LogP contribution >= 0.6 is 0 Å². The summed E-state index contributed by atoms with van der Waals surface area (Å²) in [5.41, 5.74) is 7.52. The third-order valence-electron chi connectivity index (χ3n) is 15.0. The highest BCUT2D eigenvalue weighted by molar-refractivity contribution is 6.01. The van der Waals surface area contributed by atoms with Gasteiger partial charge in [-0.1, -0.05) is 97.1 Å². The Morgan fingerprint density at radius 3 is 1.27 bits per heavy atom. The Morgan fingerprint density at radius 2 is 0.917 bits per heavy atom. The maximum absolute atomic E-state index is 13.5. The van der Waals surface area contributed by atoms with Crippen LogP contribution in [0.1, 0.15) is 96.3 Å². The number of carboxylic acid groups (broad SMARTS) is 1. The molecule has 1 atom stereocenters. The average Bonchev–Trinajstić information content (AvgIpc) is 2.44. The molecule has 21 nitrogen and oxygen atoms in total. The Kier molecular flexibility index (Phi) is 17.6. The number of nitro benzene ring substituents is 2. The standard InChI is InChI=1S/C37H44N4O8.C26H23N3O6/c1-36(2,3)48-23-31(34(43)49-37(4,5)6)38-33(42)29-21-24(15-16-32(29)41(45)46)39-17-19-40(20-18-39)35(44)47-22-30-27-13-9-7-11-25(27)26-12-8-10-14-28(26)30;30-25(31)22-15-17(9-10-24(22)29(33)34)27-11-13-28(14-12-27)26(32)35-16-23-20-7-3-1-5-18(20)19-6-2-4-8-21(19)23/h7-16,21,30-31H,17-20,22-23H2,1-6H3,(H,38,42);1-10,15,23H,11-14,16H2,(H,30,31). The lowest BCUT2D eigenvalue weighted by Crippen LogP contribution is -2.49. The van der Waals surface area contributed by atoms with Crippen molar-refractivity contribution in [2.45, 2.75) is 70.6 Å². The second kappa shape index (κ2) is 25.0. The van der Waals surface area contributed by atoms with Gasteiger partial charge in [0.2, 0.25) is 0 Å². The van der Waals surface area contributed by atoms with Gasteiger partial charge in [-0.05, 0) is 110 Å². The third-order valence-corrected chi connectivity index (χ3v) is 15.0. The van der Waals surface area contributed by atoms with E-state index >= 15 is 0 Å². The number of carboxylic acids is 1. The first kappa shape index (κ1) is 59.3. The van der Waals surface area contributed by atoms with Gasteiger partial charge in [0.15, 0.2) is 6.04 Å². The van der Waals surface area contributed by atoms with Gasteiger partial charge >= 0.3 is 24.1 Å². The number of hydrogen-bond donors (Lipinski definition) is 2. The molecule has 0 bridgehead atoms. The van der Waals surface area contributed by atoms with E-state index in [9.17, 15) is 49.3 Å². The summed E-state index contributed by atoms with van der Waals surface area (Å²) in [4.78, 5) is 92.7. The van der Waals surface area contributed by atoms with Gasteiger partial charge in [0.1, 0.15) is 29.9 Å². The molecule has 6 aromatic rings. The number of amides is 3. The van der Waals surface area contributed by atoms with Crippen LogP contribution in [0.4, 0.5) is 32.3 Å². The Labute approximate surface area is 486 Å². The molecule has 0 radical (unpaired) electrons. The third kappa shape index (κ3) is 13.6. The molecule has 4 aliphatic rings. The molecule has 2 N–H and O–H groups in total. The van der Waals surface area contributed by atoms with Crippen LogP contribution in [0.5, 0.6) is 0 Å². The van der Waals surface area contributed by atoms with Crippen molar-refractivity contribution in [1.82, 2.24) is 15.1 Å². The number of carbonyl (C=O) groups excluding carboxylic acids is 4. The van der Waals surface area contributed by atoms with Crippen molar-refractivity contribution in [1.29, 1.82) is 0 Å². The highest BCUT2D eigenvalue weighted by atomic mass is 16.6. The predicted octanol–water partition coefficient (Wildman–Crippen LogP) is 10.3. The summed E-state index contributed by atoms with van der Waals surface area (Å²) in [5.74, 6) is -2.93. The van der Waals surface area contributed by atoms with Crippen molar-refractivity contribution in [3.8, 4) is 22.3 Å². The van der Waals surface area contributed by atoms with Crippen LogP contribution < -0.4 is 15.1 Å². The van der Waals surface area contributed by atoms with Gasteiger partial charge in [0.05, 0.1) is 22.1 Å². The first-order valence-corrected chi connectivity index (χ1v) is 27.7. The summed E-state index contributed by atoms with van der Waals surface area (Å²) < 4.78 is 22.8. The SMILES string of the molecule is CC(C)(C)OCC(NC(=O)c1cc(N2CCN(C(=O)OCC3c4ccccc4-c4ccccc43)CC2)ccc1[N+](=O)[O-])C(=O)OC(C)(C)C.O=C(O)c1cc(N2CCN(C(=O)OCC3c4ccccc4-c4ccccc43)CC2)ccc1[N+](=O)[O-]. The number of esters is 1. The largest absolute Gasteiger partial charge is 0.477 e. The summed E-state index contributed by atoms with van der Waals surface area (Å²) in [7, 11) is 0. The van der Waals surface area contributed by atoms with E-state index in [0.29, 0.717) is 63.7 Å². The number of rotatable bonds is 14. The average molecular weight is 1150 g/mol. The molecule has 3 amide bonds. The van der Waals surface area contributed by atoms with Crippen molar-refractivity contribution < 1.29 is 57.9 Å². The fourth-order valence-electron chi connectivity index (χ4n) is 10.9. The van der Waals surface area contributed by atoms with E-state index in [1.807, 2.05) is 79.1 Å². The normalized spacial score (nSPS) is 15.1. The van der Waals surface area contributed by atoms with Crippen LogP contribution in [-0.2, 0) is 23.7 Å². The Morgan fingerprint density at radius 1 is 0.548 bits per heavy atom. The lowest BCUT2D eigenvalue weighted by Gasteiger charge is -2.35. The van der Waals surface area contributed by atoms with Crippen molar-refractivity contribution in [3.63, 3.8) is 0 Å². The van der Waals surface area contributed by atoms with E-state index in [-0.39, 0.29) is 48.9 Å². The number of fused-ring (bicyclic) bond motifs is 6. The van der Waals surface area contributed by atoms with Gasteiger partial charge in [-0.2, -0.15) is 0 Å². The highest BCUT2D eigenvalue weighted by Crippen LogP contribution is 2.46. The van der Waals surface area contributed by atoms with Gasteiger partial charge in [-0.15, -0.1) is 0 Å². The van der Waals surface area contributed by atoms with Gasteiger partial charge in [0, 0.05) is 87.7 Å². The number of piperazine rings is 2. The maximum atomic E-state index is 13.5. The van der Waals surface area contributed by atoms with E-state index in [1.165, 1.54) is 41.5 Å². The van der Waals surface area contributed by atoms with E-state index in [2.05, 4.69) is 53.8 Å². The van der Waals surface area contributed by atoms with Gasteiger partial charge in [-0.25, -0.2) is 19.2 Å². The lowest BCUT2D eigenvalue weighted by atomic mass is 9.98. The number of nitrogens with one attached hydrogen (secondary N) is 1. The van der Waals surface area contributed by atoms with Gasteiger partial charge in [0.25, 0.3) is 17.3 Å². The fourth-order valence-corrected chi connectivity index (χ4v) is 10.9. The first-order valence-electron chi connectivity index (χ1n) is 27.7. The Balaban J connectivity index is 0.000000213. The maximum Gasteiger partial charge on any atom is 0.409 e. The zero-order valence-corrected chi connectivity index (χ0v) is 47.6. The summed E-state index contributed by atoms with van der Waals surface area (Å²) >= 11 is 0. The van der Waals surface area contributed by atoms with E-state index in [0.717, 1.165) is 33.4 Å². The predicted molar refractivity (Wildman–Crippen MR) is 314 cm³/mol. The summed E-state index contributed by atoms with van der Waals surface area (Å²) in [6, 6.07) is 39.8. The number of carbonyl (C=O) groups is 5. The van der Waals surface area contributed by atoms with Crippen LogP contribution in [0.25, 0.3) is 22.3 Å². The minimum absolute atomic E-state index is 0.0119. The topological polar surface area (TPSA) is 254 Å². The number of benzene rings is 6. The summed E-state index contributed by atoms with van der Waals surface area (Å²) in [6.07, 6.45) is -0.794. The molecule has 438 valence electrons. The number of anilines is 2. The Bertz CT molecular complexity index is 3400. The van der Waals surface area contributed by atoms with E-state index < -0.39 is 62.4 Å². The molecule has 10 rings (SSSR count). The minimum Gasteiger partial charge on any atom is -0.477 e. The molecule has 2 aliphatic carbocycles. The molecule has 0 spiro atoms. The van der Waals surface area contributed by atoms with E-state index in [4.69, 9.17) is 18.9 Å². The molecule has 0 aromatic heterocycles. The van der Waals surface area contributed by atoms with Gasteiger partial charge in [-0.3, -0.25) is 25.0 Å². The second-order valence-electron chi connectivity index (χ2n) is 22.8. The number of ether oxygens (including phenoxy) is 4. The zero-order chi connectivity index (χ0) is 60.0. The number of hydrogen-bond acceptors (Lipinski definition) is 15. The molecule has 84 heavy (non-hydrogen) atoms. The lowest BCUT2D eigenvalue weighted by molar-refractivity contribution is -0.385. The van der Waals surface area contributed by atoms with Crippen LogP contribution in [0.3, 0.4) is 0 Å². The fraction of sp³-hybridized carbons (Fsp3) is 0.349. The molecule has 2 heterocycles. The molecule has 2 saturated heterocycles. The number of nitro groups is 2. The van der Waals surface area contributed by atoms with Crippen molar-refractivity contribution in [2.75, 3.05) is 82.0 Å². The minimum atomic E-state index is -1.35. The van der Waals surface area contributed by atoms with Crippen molar-refractivity contribution >= 4 is 52.8 Å². The monoisotopic (exact) mass is 1150 g/mol. The molecule has 1 unspecified atom stereocenters. The van der Waals surface area contributed by atoms with Crippen LogP contribution in [0.2, 0.25) is 0 Å². The number of aromatic carboxylic acids is 1. The summed E-state index contributed by atoms with van der Waals surface area (Å²) in [5, 5.41) is 34.9. The van der Waals surface area contributed by atoms with Crippen molar-refractivity contribution in [2.24, 2.45) is 0 Å². The molecule has 21 heteroatoms. The highest BCUT2D eigenvalue weighted by Gasteiger charge is 2.35. The molecular weight excluding hydrogens is 1080 g/mol. The smallest absolute Gasteiger partial charge is 0.409 e. The summed E-state index contributed by atoms with van der Waals surface area (Å²) in [6.45, 7) is 14.1.